The lowest BCUT2D eigenvalue weighted by atomic mass is 9.95. The highest BCUT2D eigenvalue weighted by atomic mass is 32.1. The summed E-state index contributed by atoms with van der Waals surface area (Å²) in [5.74, 6) is 0. The monoisotopic (exact) mass is 422 g/mol. The summed E-state index contributed by atoms with van der Waals surface area (Å²) in [7, 11) is 0. The van der Waals surface area contributed by atoms with Gasteiger partial charge in [-0.05, 0) is 77.3 Å². The highest BCUT2D eigenvalue weighted by Crippen LogP contribution is 2.36. The zero-order chi connectivity index (χ0) is 21.4. The molecule has 0 atom stereocenters. The third kappa shape index (κ3) is 5.26. The van der Waals surface area contributed by atoms with Crippen LogP contribution in [0.1, 0.15) is 49.9 Å². The first-order valence-corrected chi connectivity index (χ1v) is 11.4. The molecule has 0 fully saturated rings. The molecule has 0 amide bonds. The Hall–Kier alpha value is -2.17. The smallest absolute Gasteiger partial charge is 0.0919 e. The van der Waals surface area contributed by atoms with E-state index in [1.54, 1.807) is 6.20 Å². The van der Waals surface area contributed by atoms with Crippen molar-refractivity contribution in [3.8, 4) is 22.4 Å². The second-order valence-electron chi connectivity index (χ2n) is 6.45. The van der Waals surface area contributed by atoms with Gasteiger partial charge in [0.05, 0.1) is 5.69 Å². The Morgan fingerprint density at radius 2 is 1.86 bits per heavy atom. The fourth-order valence-corrected chi connectivity index (χ4v) is 4.46. The second kappa shape index (κ2) is 11.1. The normalized spacial score (nSPS) is 10.7. The number of hydrogen-bond acceptors (Lipinski definition) is 4. The van der Waals surface area contributed by atoms with Crippen LogP contribution in [-0.4, -0.2) is 10.6 Å². The Kier molecular flexibility index (Phi) is 8.87. The molecule has 0 aliphatic carbocycles. The first kappa shape index (κ1) is 23.1. The lowest BCUT2D eigenvalue weighted by molar-refractivity contribution is 1.000. The van der Waals surface area contributed by atoms with Crippen LogP contribution >= 0.6 is 24.2 Å². The number of thiol groups is 1. The Morgan fingerprint density at radius 3 is 2.52 bits per heavy atom. The van der Waals surface area contributed by atoms with Crippen LogP contribution in [0.2, 0.25) is 0 Å². The van der Waals surface area contributed by atoms with E-state index in [0.29, 0.717) is 0 Å². The molecule has 152 valence electrons. The molecule has 0 saturated heterocycles. The van der Waals surface area contributed by atoms with Crippen LogP contribution in [0.3, 0.4) is 0 Å². The van der Waals surface area contributed by atoms with Gasteiger partial charge in [-0.25, -0.2) is 0 Å². The van der Waals surface area contributed by atoms with Gasteiger partial charge >= 0.3 is 0 Å². The average molecular weight is 423 g/mol. The number of nitrogens with zero attached hydrogens (tertiary/aromatic N) is 2. The van der Waals surface area contributed by atoms with Gasteiger partial charge < -0.3 is 0 Å². The minimum atomic E-state index is 0.996. The van der Waals surface area contributed by atoms with E-state index < -0.39 is 0 Å². The maximum Gasteiger partial charge on any atom is 0.0919 e. The van der Waals surface area contributed by atoms with Crippen LogP contribution < -0.4 is 0 Å². The molecule has 2 nitrogen and oxygen atoms in total. The maximum absolute atomic E-state index is 4.74. The summed E-state index contributed by atoms with van der Waals surface area (Å²) in [6, 6.07) is 10.9. The van der Waals surface area contributed by atoms with Crippen LogP contribution in [0.25, 0.3) is 22.4 Å². The molecule has 3 rings (SSSR count). The molecule has 0 aliphatic rings. The zero-order valence-corrected chi connectivity index (χ0v) is 19.7. The van der Waals surface area contributed by atoms with Crippen molar-refractivity contribution < 1.29 is 0 Å². The predicted molar refractivity (Wildman–Crippen MR) is 133 cm³/mol. The molecule has 2 aromatic carbocycles. The fourth-order valence-electron chi connectivity index (χ4n) is 3.31. The van der Waals surface area contributed by atoms with E-state index in [1.165, 1.54) is 28.2 Å². The summed E-state index contributed by atoms with van der Waals surface area (Å²) in [5, 5.41) is 2.12. The Labute approximate surface area is 185 Å². The summed E-state index contributed by atoms with van der Waals surface area (Å²) in [4.78, 5) is 5.22. The first-order valence-electron chi connectivity index (χ1n) is 10.1. The second-order valence-corrected chi connectivity index (χ2v) is 7.56. The van der Waals surface area contributed by atoms with E-state index in [9.17, 15) is 0 Å². The Morgan fingerprint density at radius 1 is 1.10 bits per heavy atom. The van der Waals surface area contributed by atoms with Gasteiger partial charge in [-0.15, -0.1) is 12.6 Å². The summed E-state index contributed by atoms with van der Waals surface area (Å²) >= 11 is 6.23. The van der Waals surface area contributed by atoms with Gasteiger partial charge in [0.25, 0.3) is 0 Å². The molecule has 0 saturated carbocycles. The van der Waals surface area contributed by atoms with E-state index in [1.807, 2.05) is 20.1 Å². The van der Waals surface area contributed by atoms with E-state index in [0.717, 1.165) is 45.7 Å². The van der Waals surface area contributed by atoms with Gasteiger partial charge in [0.1, 0.15) is 0 Å². The van der Waals surface area contributed by atoms with Gasteiger partial charge in [-0.2, -0.15) is 4.37 Å². The summed E-state index contributed by atoms with van der Waals surface area (Å²) < 4.78 is 4.71. The molecule has 1 aromatic heterocycles. The largest absolute Gasteiger partial charge is 0.265 e. The molecule has 0 unspecified atom stereocenters. The maximum atomic E-state index is 4.74. The topological polar surface area (TPSA) is 25.2 Å². The molecule has 0 radical (unpaired) electrons. The Bertz CT molecular complexity index is 1000. The lowest BCUT2D eigenvalue weighted by Crippen LogP contribution is -1.95. The van der Waals surface area contributed by atoms with Gasteiger partial charge in [0, 0.05) is 33.8 Å². The molecular formula is C25H30N2S2. The van der Waals surface area contributed by atoms with E-state index in [2.05, 4.69) is 68.1 Å². The minimum Gasteiger partial charge on any atom is -0.265 e. The number of benzene rings is 2. The summed E-state index contributed by atoms with van der Waals surface area (Å²) in [5.41, 5.74) is 9.40. The third-order valence-corrected chi connectivity index (χ3v) is 5.83. The van der Waals surface area contributed by atoms with Crippen LogP contribution in [0, 0.1) is 6.92 Å². The molecule has 1 heterocycles. The van der Waals surface area contributed by atoms with Crippen molar-refractivity contribution in [1.82, 2.24) is 4.37 Å². The van der Waals surface area contributed by atoms with E-state index in [-0.39, 0.29) is 0 Å². The molecule has 0 bridgehead atoms. The quantitative estimate of drug-likeness (QED) is 0.318. The number of aliphatic imine (C=N–C) groups is 1. The van der Waals surface area contributed by atoms with E-state index >= 15 is 0 Å². The Balaban J connectivity index is 0.00000145. The highest BCUT2D eigenvalue weighted by molar-refractivity contribution is 7.80. The number of hydrogen-bond donors (Lipinski definition) is 1. The molecule has 29 heavy (non-hydrogen) atoms. The molecule has 0 N–H and O–H groups in total. The van der Waals surface area contributed by atoms with Crippen LogP contribution in [-0.2, 0) is 12.8 Å². The minimum absolute atomic E-state index is 0.996. The van der Waals surface area contributed by atoms with Gasteiger partial charge in [-0.3, -0.25) is 4.99 Å². The number of rotatable bonds is 6. The van der Waals surface area contributed by atoms with Crippen molar-refractivity contribution in [1.29, 1.82) is 0 Å². The van der Waals surface area contributed by atoms with Crippen molar-refractivity contribution in [2.45, 2.75) is 52.4 Å². The van der Waals surface area contributed by atoms with E-state index in [4.69, 9.17) is 17.0 Å². The highest BCUT2D eigenvalue weighted by Gasteiger charge is 2.15. The molecule has 3 aromatic rings. The SMILES string of the molecule is C=CN=Cc1cc(-c2csnc2-c2cc(S)c(CC)c(CC)c2)ccc1C.CC. The van der Waals surface area contributed by atoms with Crippen LogP contribution in [0.5, 0.6) is 0 Å². The fraction of sp³-hybridized carbons (Fsp3) is 0.280. The van der Waals surface area contributed by atoms with Gasteiger partial charge in [0.2, 0.25) is 0 Å². The average Bonchev–Trinajstić information content (AvgIpc) is 3.24. The van der Waals surface area contributed by atoms with Crippen LogP contribution in [0.15, 0.2) is 58.4 Å². The van der Waals surface area contributed by atoms with Gasteiger partial charge in [0.15, 0.2) is 0 Å². The van der Waals surface area contributed by atoms with Crippen LogP contribution in [0.4, 0.5) is 0 Å². The van der Waals surface area contributed by atoms with Crippen molar-refractivity contribution in [2.75, 3.05) is 0 Å². The summed E-state index contributed by atoms with van der Waals surface area (Å²) in [6.45, 7) is 14.1. The molecular weight excluding hydrogens is 392 g/mol. The first-order chi connectivity index (χ1) is 14.1. The third-order valence-electron chi connectivity index (χ3n) is 4.81. The zero-order valence-electron chi connectivity index (χ0n) is 18.0. The van der Waals surface area contributed by atoms with Crippen molar-refractivity contribution in [3.63, 3.8) is 0 Å². The standard InChI is InChI=1S/C23H24N2S2.C2H6/c1-5-16-10-18(12-22(26)20(16)6-2)23-21(14-27-25-23)17-9-8-15(4)19(11-17)13-24-7-3;1-2/h7-14,26H,3,5-6H2,1-2,4H3;1-2H3. The lowest BCUT2D eigenvalue weighted by Gasteiger charge is -2.13. The van der Waals surface area contributed by atoms with Crippen molar-refractivity contribution >= 4 is 30.4 Å². The number of aromatic nitrogens is 1. The molecule has 0 spiro atoms. The summed E-state index contributed by atoms with van der Waals surface area (Å²) in [6.07, 6.45) is 5.40. The van der Waals surface area contributed by atoms with Gasteiger partial charge in [-0.1, -0.05) is 46.4 Å². The molecule has 4 heteroatoms. The molecule has 0 aliphatic heterocycles. The van der Waals surface area contributed by atoms with Crippen molar-refractivity contribution in [3.05, 3.63) is 70.7 Å². The van der Waals surface area contributed by atoms with Crippen molar-refractivity contribution in [2.24, 2.45) is 4.99 Å². The number of aryl methyl sites for hydroxylation is 2. The predicted octanol–water partition coefficient (Wildman–Crippen LogP) is 7.79.